The molecule has 8 heteroatoms. The Kier molecular flexibility index (Phi) is 5.04. The fraction of sp³-hybridized carbons (Fsp3) is 0.538. The van der Waals surface area contributed by atoms with Crippen LogP contribution in [0.2, 0.25) is 0 Å². The largest absolute Gasteiger partial charge is 0.478 e. The van der Waals surface area contributed by atoms with Crippen molar-refractivity contribution in [1.82, 2.24) is 9.88 Å². The highest BCUT2D eigenvalue weighted by atomic mass is 16.6. The first-order valence-electron chi connectivity index (χ1n) is 6.81. The third kappa shape index (κ3) is 4.12. The average molecular weight is 295 g/mol. The van der Waals surface area contributed by atoms with E-state index in [-0.39, 0.29) is 11.4 Å². The lowest BCUT2D eigenvalue weighted by atomic mass is 10.1. The van der Waals surface area contributed by atoms with Crippen LogP contribution in [0.1, 0.15) is 29.6 Å². The molecule has 0 saturated carbocycles. The maximum atomic E-state index is 10.9. The Balaban J connectivity index is 1.98. The molecule has 0 radical (unpaired) electrons. The van der Waals surface area contributed by atoms with Crippen LogP contribution in [-0.2, 0) is 0 Å². The number of hydrogen-bond acceptors (Lipinski definition) is 6. The molecule has 0 unspecified atom stereocenters. The van der Waals surface area contributed by atoms with Crippen LogP contribution in [0.15, 0.2) is 12.3 Å². The van der Waals surface area contributed by atoms with Crippen molar-refractivity contribution >= 4 is 11.7 Å². The smallest absolute Gasteiger partial charge is 0.337 e. The summed E-state index contributed by atoms with van der Waals surface area (Å²) in [5.41, 5.74) is -0.654. The Bertz CT molecular complexity index is 529. The van der Waals surface area contributed by atoms with Crippen molar-refractivity contribution in [2.75, 3.05) is 26.2 Å². The lowest BCUT2D eigenvalue weighted by Gasteiger charge is -2.25. The first-order valence-corrected chi connectivity index (χ1v) is 6.81. The Morgan fingerprint density at radius 2 is 2.14 bits per heavy atom. The summed E-state index contributed by atoms with van der Waals surface area (Å²) >= 11 is 0. The number of pyridine rings is 1. The normalized spacial score (nSPS) is 15.6. The van der Waals surface area contributed by atoms with Crippen LogP contribution in [0.3, 0.4) is 0 Å². The van der Waals surface area contributed by atoms with E-state index in [0.717, 1.165) is 38.2 Å². The summed E-state index contributed by atoms with van der Waals surface area (Å²) in [6, 6.07) is 0.964. The van der Waals surface area contributed by atoms with Crippen LogP contribution in [-0.4, -0.2) is 52.1 Å². The number of nitro groups is 1. The molecule has 1 N–H and O–H groups in total. The minimum atomic E-state index is -1.26. The second kappa shape index (κ2) is 6.98. The number of rotatable bonds is 6. The van der Waals surface area contributed by atoms with Gasteiger partial charge in [-0.25, -0.2) is 9.78 Å². The SMILES string of the molecule is O=C(O)c1cnc(OCCN2CCCCC2)c([N+](=O)[O-])c1. The van der Waals surface area contributed by atoms with Gasteiger partial charge in [0.15, 0.2) is 0 Å². The standard InChI is InChI=1S/C13H17N3O5/c17-13(18)10-8-11(16(19)20)12(14-9-10)21-7-6-15-4-2-1-3-5-15/h8-9H,1-7H2,(H,17,18). The topological polar surface area (TPSA) is 106 Å². The molecule has 0 amide bonds. The zero-order valence-electron chi connectivity index (χ0n) is 11.5. The van der Waals surface area contributed by atoms with Crippen LogP contribution < -0.4 is 4.74 Å². The van der Waals surface area contributed by atoms with Gasteiger partial charge in [-0.15, -0.1) is 0 Å². The van der Waals surface area contributed by atoms with E-state index in [4.69, 9.17) is 9.84 Å². The van der Waals surface area contributed by atoms with Crippen LogP contribution >= 0.6 is 0 Å². The molecule has 2 heterocycles. The fourth-order valence-electron chi connectivity index (χ4n) is 2.25. The summed E-state index contributed by atoms with van der Waals surface area (Å²) in [6.07, 6.45) is 4.62. The molecule has 0 aliphatic carbocycles. The Hall–Kier alpha value is -2.22. The van der Waals surface area contributed by atoms with E-state index in [1.807, 2.05) is 0 Å². The molecule has 0 bridgehead atoms. The molecule has 21 heavy (non-hydrogen) atoms. The molecule has 1 aromatic heterocycles. The van der Waals surface area contributed by atoms with Gasteiger partial charge in [-0.2, -0.15) is 0 Å². The number of piperidine rings is 1. The average Bonchev–Trinajstić information content (AvgIpc) is 2.48. The van der Waals surface area contributed by atoms with Gasteiger partial charge in [0.25, 0.3) is 5.88 Å². The zero-order valence-corrected chi connectivity index (χ0v) is 11.5. The van der Waals surface area contributed by atoms with Crippen LogP contribution in [0, 0.1) is 10.1 Å². The predicted molar refractivity (Wildman–Crippen MR) is 73.6 cm³/mol. The highest BCUT2D eigenvalue weighted by Crippen LogP contribution is 2.25. The molecule has 1 aromatic rings. The van der Waals surface area contributed by atoms with Gasteiger partial charge in [0.1, 0.15) is 6.61 Å². The molecule has 1 aliphatic rings. The molecule has 0 aromatic carbocycles. The Morgan fingerprint density at radius 1 is 1.43 bits per heavy atom. The van der Waals surface area contributed by atoms with Crippen molar-refractivity contribution in [3.63, 3.8) is 0 Å². The van der Waals surface area contributed by atoms with E-state index in [9.17, 15) is 14.9 Å². The number of likely N-dealkylation sites (tertiary alicyclic amines) is 1. The Labute approximate surface area is 121 Å². The number of ether oxygens (including phenoxy) is 1. The van der Waals surface area contributed by atoms with Crippen molar-refractivity contribution in [2.24, 2.45) is 0 Å². The monoisotopic (exact) mass is 295 g/mol. The lowest BCUT2D eigenvalue weighted by molar-refractivity contribution is -0.386. The molecular formula is C13H17N3O5. The van der Waals surface area contributed by atoms with E-state index in [2.05, 4.69) is 9.88 Å². The molecule has 1 saturated heterocycles. The van der Waals surface area contributed by atoms with E-state index >= 15 is 0 Å². The zero-order chi connectivity index (χ0) is 15.2. The van der Waals surface area contributed by atoms with Gasteiger partial charge in [-0.3, -0.25) is 15.0 Å². The van der Waals surface area contributed by atoms with Crippen molar-refractivity contribution < 1.29 is 19.6 Å². The van der Waals surface area contributed by atoms with Gasteiger partial charge >= 0.3 is 11.7 Å². The lowest BCUT2D eigenvalue weighted by Crippen LogP contribution is -2.33. The summed E-state index contributed by atoms with van der Waals surface area (Å²) < 4.78 is 5.35. The maximum Gasteiger partial charge on any atom is 0.337 e. The number of carboxylic acids is 1. The van der Waals surface area contributed by atoms with Gasteiger partial charge in [0.2, 0.25) is 0 Å². The van der Waals surface area contributed by atoms with Crippen LogP contribution in [0.25, 0.3) is 0 Å². The van der Waals surface area contributed by atoms with Gasteiger partial charge in [-0.1, -0.05) is 6.42 Å². The molecule has 2 rings (SSSR count). The van der Waals surface area contributed by atoms with Crippen molar-refractivity contribution in [1.29, 1.82) is 0 Å². The molecule has 0 spiro atoms. The summed E-state index contributed by atoms with van der Waals surface area (Å²) in [6.45, 7) is 2.99. The highest BCUT2D eigenvalue weighted by Gasteiger charge is 2.20. The molecule has 0 atom stereocenters. The third-order valence-corrected chi connectivity index (χ3v) is 3.37. The van der Waals surface area contributed by atoms with Crippen molar-refractivity contribution in [3.8, 4) is 5.88 Å². The molecule has 1 aliphatic heterocycles. The number of carboxylic acid groups (broad SMARTS) is 1. The van der Waals surface area contributed by atoms with E-state index in [1.165, 1.54) is 6.42 Å². The summed E-state index contributed by atoms with van der Waals surface area (Å²) in [4.78, 5) is 27.0. The van der Waals surface area contributed by atoms with Crippen molar-refractivity contribution in [2.45, 2.75) is 19.3 Å². The number of hydrogen-bond donors (Lipinski definition) is 1. The summed E-state index contributed by atoms with van der Waals surface area (Å²) in [7, 11) is 0. The van der Waals surface area contributed by atoms with Gasteiger partial charge < -0.3 is 9.84 Å². The van der Waals surface area contributed by atoms with Crippen LogP contribution in [0.4, 0.5) is 5.69 Å². The predicted octanol–water partition coefficient (Wildman–Crippen LogP) is 1.55. The second-order valence-corrected chi connectivity index (χ2v) is 4.86. The first-order chi connectivity index (χ1) is 10.1. The summed E-state index contributed by atoms with van der Waals surface area (Å²) in [5.74, 6) is -1.40. The quantitative estimate of drug-likeness (QED) is 0.626. The number of aromatic nitrogens is 1. The van der Waals surface area contributed by atoms with E-state index in [0.29, 0.717) is 13.2 Å². The Morgan fingerprint density at radius 3 is 2.76 bits per heavy atom. The minimum absolute atomic E-state index is 0.137. The number of nitrogens with zero attached hydrogens (tertiary/aromatic N) is 3. The molecule has 8 nitrogen and oxygen atoms in total. The number of carbonyl (C=O) groups is 1. The third-order valence-electron chi connectivity index (χ3n) is 3.37. The first kappa shape index (κ1) is 15.2. The number of aromatic carboxylic acids is 1. The van der Waals surface area contributed by atoms with Crippen molar-refractivity contribution in [3.05, 3.63) is 27.9 Å². The maximum absolute atomic E-state index is 10.9. The minimum Gasteiger partial charge on any atom is -0.478 e. The summed E-state index contributed by atoms with van der Waals surface area (Å²) in [5, 5.41) is 19.8. The van der Waals surface area contributed by atoms with Gasteiger partial charge in [-0.05, 0) is 25.9 Å². The van der Waals surface area contributed by atoms with E-state index < -0.39 is 16.6 Å². The van der Waals surface area contributed by atoms with Crippen LogP contribution in [0.5, 0.6) is 5.88 Å². The molecule has 1 fully saturated rings. The molecule has 114 valence electrons. The second-order valence-electron chi connectivity index (χ2n) is 4.86. The molecular weight excluding hydrogens is 278 g/mol. The highest BCUT2D eigenvalue weighted by molar-refractivity contribution is 5.88. The van der Waals surface area contributed by atoms with Gasteiger partial charge in [0, 0.05) is 18.8 Å². The fourth-order valence-corrected chi connectivity index (χ4v) is 2.25. The van der Waals surface area contributed by atoms with Gasteiger partial charge in [0.05, 0.1) is 10.5 Å². The van der Waals surface area contributed by atoms with E-state index in [1.54, 1.807) is 0 Å².